The number of phenolic OH excluding ortho intramolecular Hbond substituents is 1. The number of aromatic hydroxyl groups is 1. The molecule has 196 valence electrons. The number of halogens is 1. The molecule has 0 spiro atoms. The Bertz CT molecular complexity index is 1070. The lowest BCUT2D eigenvalue weighted by Gasteiger charge is -2.47. The lowest BCUT2D eigenvalue weighted by atomic mass is 9.95. The van der Waals surface area contributed by atoms with E-state index in [9.17, 15) is 19.1 Å². The maximum atomic E-state index is 14.6. The van der Waals surface area contributed by atoms with E-state index in [1.54, 1.807) is 40.1 Å². The molecule has 2 aromatic carbocycles. The highest BCUT2D eigenvalue weighted by molar-refractivity contribution is 5.90. The normalized spacial score (nSPS) is 19.2. The Morgan fingerprint density at radius 3 is 2.33 bits per heavy atom. The van der Waals surface area contributed by atoms with Crippen LogP contribution in [0, 0.1) is 5.82 Å². The van der Waals surface area contributed by atoms with E-state index in [1.807, 2.05) is 64.7 Å². The van der Waals surface area contributed by atoms with Crippen molar-refractivity contribution in [2.75, 3.05) is 39.1 Å². The summed E-state index contributed by atoms with van der Waals surface area (Å²) in [5, 5.41) is 9.68. The van der Waals surface area contributed by atoms with Crippen LogP contribution in [0.5, 0.6) is 5.75 Å². The van der Waals surface area contributed by atoms with Crippen LogP contribution in [-0.4, -0.2) is 84.0 Å². The van der Waals surface area contributed by atoms with E-state index in [4.69, 9.17) is 0 Å². The fourth-order valence-electron chi connectivity index (χ4n) is 4.76. The molecule has 0 aromatic heterocycles. The maximum absolute atomic E-state index is 14.6. The van der Waals surface area contributed by atoms with E-state index in [1.165, 1.54) is 6.07 Å². The molecule has 1 aliphatic rings. The summed E-state index contributed by atoms with van der Waals surface area (Å²) in [4.78, 5) is 34.3. The number of carbonyl (C=O) groups excluding carboxylic acids is 2. The second kappa shape index (κ2) is 11.3. The molecule has 0 radical (unpaired) electrons. The molecule has 7 nitrogen and oxygen atoms in total. The Morgan fingerprint density at radius 1 is 1.11 bits per heavy atom. The van der Waals surface area contributed by atoms with Crippen LogP contribution < -0.4 is 4.90 Å². The Balaban J connectivity index is 1.95. The summed E-state index contributed by atoms with van der Waals surface area (Å²) in [7, 11) is 5.52. The lowest BCUT2D eigenvalue weighted by Crippen LogP contribution is -2.64. The largest absolute Gasteiger partial charge is 0.508 e. The van der Waals surface area contributed by atoms with E-state index in [-0.39, 0.29) is 48.1 Å². The summed E-state index contributed by atoms with van der Waals surface area (Å²) >= 11 is 0. The number of benzene rings is 2. The number of nitrogens with zero attached hydrogens (tertiary/aromatic N) is 4. The van der Waals surface area contributed by atoms with Crippen LogP contribution in [0.25, 0.3) is 0 Å². The van der Waals surface area contributed by atoms with Gasteiger partial charge in [0.25, 0.3) is 0 Å². The summed E-state index contributed by atoms with van der Waals surface area (Å²) in [5.74, 6) is -0.383. The molecule has 8 heteroatoms. The van der Waals surface area contributed by atoms with Gasteiger partial charge in [-0.15, -0.1) is 0 Å². The summed E-state index contributed by atoms with van der Waals surface area (Å²) in [6.07, 6.45) is 0.344. The summed E-state index contributed by atoms with van der Waals surface area (Å²) in [5.41, 5.74) is 2.20. The van der Waals surface area contributed by atoms with Crippen molar-refractivity contribution >= 4 is 17.5 Å². The van der Waals surface area contributed by atoms with Gasteiger partial charge in [0.05, 0.1) is 18.3 Å². The summed E-state index contributed by atoms with van der Waals surface area (Å²) in [6.45, 7) is 8.51. The van der Waals surface area contributed by atoms with Crippen molar-refractivity contribution in [3.8, 4) is 5.75 Å². The first kappa shape index (κ1) is 27.5. The fraction of sp³-hybridized carbons (Fsp3) is 0.500. The number of hydrogen-bond acceptors (Lipinski definition) is 5. The third kappa shape index (κ3) is 5.98. The van der Waals surface area contributed by atoms with Gasteiger partial charge in [-0.2, -0.15) is 0 Å². The first-order valence-corrected chi connectivity index (χ1v) is 12.5. The molecule has 2 aromatic rings. The molecule has 0 saturated carbocycles. The fourth-order valence-corrected chi connectivity index (χ4v) is 4.76. The van der Waals surface area contributed by atoms with Crippen LogP contribution in [0.15, 0.2) is 42.5 Å². The molecule has 0 aliphatic carbocycles. The smallest absolute Gasteiger partial charge is 0.246 e. The quantitative estimate of drug-likeness (QED) is 0.602. The van der Waals surface area contributed by atoms with Gasteiger partial charge < -0.3 is 24.7 Å². The predicted octanol–water partition coefficient (Wildman–Crippen LogP) is 3.67. The first-order chi connectivity index (χ1) is 16.9. The van der Waals surface area contributed by atoms with Gasteiger partial charge >= 0.3 is 0 Å². The molecule has 1 fully saturated rings. The molecule has 0 bridgehead atoms. The van der Waals surface area contributed by atoms with Crippen molar-refractivity contribution in [2.24, 2.45) is 0 Å². The van der Waals surface area contributed by atoms with Crippen molar-refractivity contribution in [1.29, 1.82) is 0 Å². The van der Waals surface area contributed by atoms with E-state index < -0.39 is 6.04 Å². The Labute approximate surface area is 214 Å². The summed E-state index contributed by atoms with van der Waals surface area (Å²) < 4.78 is 14.6. The third-order valence-corrected chi connectivity index (χ3v) is 7.02. The Kier molecular flexibility index (Phi) is 8.61. The van der Waals surface area contributed by atoms with Gasteiger partial charge in [0.1, 0.15) is 17.6 Å². The highest BCUT2D eigenvalue weighted by Crippen LogP contribution is 2.32. The zero-order valence-corrected chi connectivity index (χ0v) is 22.4. The van der Waals surface area contributed by atoms with Crippen molar-refractivity contribution in [3.63, 3.8) is 0 Å². The van der Waals surface area contributed by atoms with E-state index in [0.29, 0.717) is 18.7 Å². The van der Waals surface area contributed by atoms with Crippen LogP contribution in [0.3, 0.4) is 0 Å². The molecule has 1 aliphatic heterocycles. The van der Waals surface area contributed by atoms with E-state index >= 15 is 0 Å². The highest BCUT2D eigenvalue weighted by atomic mass is 19.1. The van der Waals surface area contributed by atoms with Gasteiger partial charge in [-0.1, -0.05) is 18.2 Å². The van der Waals surface area contributed by atoms with Gasteiger partial charge in [-0.3, -0.25) is 9.59 Å². The average molecular weight is 499 g/mol. The predicted molar refractivity (Wildman–Crippen MR) is 141 cm³/mol. The van der Waals surface area contributed by atoms with Crippen molar-refractivity contribution in [2.45, 2.75) is 58.3 Å². The molecular weight excluding hydrogens is 459 g/mol. The molecule has 3 atom stereocenters. The minimum Gasteiger partial charge on any atom is -0.508 e. The van der Waals surface area contributed by atoms with E-state index in [2.05, 4.69) is 0 Å². The maximum Gasteiger partial charge on any atom is 0.246 e. The second-order valence-corrected chi connectivity index (χ2v) is 10.4. The molecule has 1 N–H and O–H groups in total. The Morgan fingerprint density at radius 2 is 1.75 bits per heavy atom. The first-order valence-electron chi connectivity index (χ1n) is 12.5. The van der Waals surface area contributed by atoms with Crippen LogP contribution in [0.4, 0.5) is 10.1 Å². The standard InChI is InChI=1S/C28H39FN4O3/c1-18(2)31(7)25-15-22(10-13-24(25)29)20(4)32-16-19(3)33(27(35)17-30(5)6)26(28(32)36)14-21-8-11-23(34)12-9-21/h8-13,15,18-20,26,34H,14,16-17H2,1-7H3/t19?,20?,26-/m0/s1. The molecular formula is C28H39FN4O3. The summed E-state index contributed by atoms with van der Waals surface area (Å²) in [6, 6.07) is 10.7. The lowest BCUT2D eigenvalue weighted by molar-refractivity contribution is -0.157. The van der Waals surface area contributed by atoms with Crippen molar-refractivity contribution in [1.82, 2.24) is 14.7 Å². The van der Waals surface area contributed by atoms with Gasteiger partial charge in [-0.25, -0.2) is 4.39 Å². The van der Waals surface area contributed by atoms with Gasteiger partial charge in [0, 0.05) is 32.1 Å². The highest BCUT2D eigenvalue weighted by Gasteiger charge is 2.43. The molecule has 1 saturated heterocycles. The number of rotatable bonds is 8. The number of phenols is 1. The third-order valence-electron chi connectivity index (χ3n) is 7.02. The van der Waals surface area contributed by atoms with Crippen LogP contribution in [-0.2, 0) is 16.0 Å². The monoisotopic (exact) mass is 498 g/mol. The number of likely N-dealkylation sites (N-methyl/N-ethyl adjacent to an activating group) is 1. The van der Waals surface area contributed by atoms with Crippen LogP contribution in [0.1, 0.15) is 44.9 Å². The number of anilines is 1. The van der Waals surface area contributed by atoms with E-state index in [0.717, 1.165) is 11.1 Å². The molecule has 36 heavy (non-hydrogen) atoms. The van der Waals surface area contributed by atoms with Gasteiger partial charge in [0.2, 0.25) is 11.8 Å². The van der Waals surface area contributed by atoms with Crippen LogP contribution >= 0.6 is 0 Å². The minimum atomic E-state index is -0.675. The number of piperazine rings is 1. The second-order valence-electron chi connectivity index (χ2n) is 10.4. The van der Waals surface area contributed by atoms with Gasteiger partial charge in [0.15, 0.2) is 0 Å². The van der Waals surface area contributed by atoms with Crippen LogP contribution in [0.2, 0.25) is 0 Å². The van der Waals surface area contributed by atoms with Crippen molar-refractivity contribution in [3.05, 3.63) is 59.4 Å². The Hall–Kier alpha value is -3.13. The SMILES string of the molecule is CC(c1ccc(F)c(N(C)C(C)C)c1)N1CC(C)N(C(=O)CN(C)C)[C@@H](Cc2ccc(O)cc2)C1=O. The topological polar surface area (TPSA) is 67.3 Å². The minimum absolute atomic E-state index is 0.0976. The zero-order valence-electron chi connectivity index (χ0n) is 22.4. The number of hydrogen-bond donors (Lipinski definition) is 1. The number of amides is 2. The molecule has 2 unspecified atom stereocenters. The number of carbonyl (C=O) groups is 2. The van der Waals surface area contributed by atoms with Gasteiger partial charge in [-0.05, 0) is 77.2 Å². The van der Waals surface area contributed by atoms with Crippen molar-refractivity contribution < 1.29 is 19.1 Å². The molecule has 1 heterocycles. The molecule has 2 amide bonds. The molecule has 3 rings (SSSR count). The average Bonchev–Trinajstić information content (AvgIpc) is 2.81. The zero-order chi connectivity index (χ0) is 26.7.